The average Bonchev–Trinajstić information content (AvgIpc) is 2.42. The molecule has 1 aromatic rings. The van der Waals surface area contributed by atoms with Crippen molar-refractivity contribution in [2.75, 3.05) is 24.5 Å². The third-order valence-electron chi connectivity index (χ3n) is 3.15. The van der Waals surface area contributed by atoms with Crippen molar-refractivity contribution in [3.63, 3.8) is 0 Å². The maximum Gasteiger partial charge on any atom is 0.225 e. The maximum atomic E-state index is 4.62. The van der Waals surface area contributed by atoms with Gasteiger partial charge >= 0.3 is 0 Å². The lowest BCUT2D eigenvalue weighted by atomic mass is 10.2. The molecule has 4 heteroatoms. The fraction of sp³-hybridized carbons (Fsp3) is 0.571. The third kappa shape index (κ3) is 3.29. The van der Waals surface area contributed by atoms with E-state index in [4.69, 9.17) is 0 Å². The summed E-state index contributed by atoms with van der Waals surface area (Å²) in [5, 5.41) is 3.39. The smallest absolute Gasteiger partial charge is 0.225 e. The molecule has 0 aromatic carbocycles. The van der Waals surface area contributed by atoms with Crippen LogP contribution in [-0.2, 0) is 6.54 Å². The molecular weight excluding hydrogens is 224 g/mol. The topological polar surface area (TPSA) is 41.1 Å². The van der Waals surface area contributed by atoms with E-state index in [1.807, 2.05) is 6.20 Å². The van der Waals surface area contributed by atoms with Gasteiger partial charge in [-0.2, -0.15) is 0 Å². The van der Waals surface area contributed by atoms with Gasteiger partial charge in [0.2, 0.25) is 5.95 Å². The van der Waals surface area contributed by atoms with Crippen LogP contribution >= 0.6 is 0 Å². The van der Waals surface area contributed by atoms with Gasteiger partial charge in [0.15, 0.2) is 0 Å². The summed E-state index contributed by atoms with van der Waals surface area (Å²) in [7, 11) is 0. The minimum Gasteiger partial charge on any atom is -0.337 e. The minimum atomic E-state index is 0.857. The third-order valence-corrected chi connectivity index (χ3v) is 3.15. The van der Waals surface area contributed by atoms with Crippen LogP contribution in [0.25, 0.3) is 0 Å². The molecule has 0 bridgehead atoms. The van der Waals surface area contributed by atoms with E-state index in [9.17, 15) is 0 Å². The Hall–Kier alpha value is -1.42. The molecule has 0 radical (unpaired) electrons. The van der Waals surface area contributed by atoms with Crippen LogP contribution in [0.1, 0.15) is 31.0 Å². The molecule has 0 spiro atoms. The Bertz CT molecular complexity index is 414. The predicted molar refractivity (Wildman–Crippen MR) is 74.7 cm³/mol. The summed E-state index contributed by atoms with van der Waals surface area (Å²) in [6.07, 6.45) is 8.59. The molecule has 2 heterocycles. The van der Waals surface area contributed by atoms with Gasteiger partial charge < -0.3 is 10.2 Å². The van der Waals surface area contributed by atoms with Gasteiger partial charge in [0.1, 0.15) is 0 Å². The van der Waals surface area contributed by atoms with E-state index >= 15 is 0 Å². The Morgan fingerprint density at radius 2 is 2.28 bits per heavy atom. The standard InChI is InChI=1S/C14H22N4/c1-3-7-15-10-13-11-16-14(17-12(13)2)18-8-5-4-6-9-18/h4-5,11,15H,3,6-10H2,1-2H3. The van der Waals surface area contributed by atoms with E-state index in [1.54, 1.807) is 0 Å². The summed E-state index contributed by atoms with van der Waals surface area (Å²) in [4.78, 5) is 11.3. The number of anilines is 1. The summed E-state index contributed by atoms with van der Waals surface area (Å²) in [6, 6.07) is 0. The monoisotopic (exact) mass is 246 g/mol. The molecular formula is C14H22N4. The molecule has 4 nitrogen and oxygen atoms in total. The molecule has 0 unspecified atom stereocenters. The molecule has 0 fully saturated rings. The molecule has 1 aliphatic heterocycles. The molecule has 98 valence electrons. The van der Waals surface area contributed by atoms with Gasteiger partial charge in [-0.1, -0.05) is 19.1 Å². The molecule has 0 saturated heterocycles. The predicted octanol–water partition coefficient (Wildman–Crippen LogP) is 2.05. The Balaban J connectivity index is 2.02. The summed E-state index contributed by atoms with van der Waals surface area (Å²) < 4.78 is 0. The van der Waals surface area contributed by atoms with Crippen LogP contribution in [0, 0.1) is 6.92 Å². The van der Waals surface area contributed by atoms with Gasteiger partial charge in [-0.3, -0.25) is 0 Å². The lowest BCUT2D eigenvalue weighted by Crippen LogP contribution is -2.29. The van der Waals surface area contributed by atoms with E-state index < -0.39 is 0 Å². The number of hydrogen-bond donors (Lipinski definition) is 1. The first-order chi connectivity index (χ1) is 8.81. The number of aryl methyl sites for hydroxylation is 1. The molecule has 1 N–H and O–H groups in total. The lowest BCUT2D eigenvalue weighted by Gasteiger charge is -2.23. The Morgan fingerprint density at radius 1 is 1.39 bits per heavy atom. The van der Waals surface area contributed by atoms with E-state index in [0.29, 0.717) is 0 Å². The van der Waals surface area contributed by atoms with Crippen LogP contribution in [-0.4, -0.2) is 29.6 Å². The van der Waals surface area contributed by atoms with Gasteiger partial charge in [0.05, 0.1) is 0 Å². The second kappa shape index (κ2) is 6.50. The van der Waals surface area contributed by atoms with Gasteiger partial charge in [0.25, 0.3) is 0 Å². The first kappa shape index (κ1) is 13.0. The van der Waals surface area contributed by atoms with Crippen LogP contribution in [0.15, 0.2) is 18.3 Å². The zero-order chi connectivity index (χ0) is 12.8. The number of hydrogen-bond acceptors (Lipinski definition) is 4. The molecule has 0 amide bonds. The second-order valence-electron chi connectivity index (χ2n) is 4.66. The fourth-order valence-corrected chi connectivity index (χ4v) is 2.03. The SMILES string of the molecule is CCCNCc1cnc(N2CC=CCC2)nc1C. The molecule has 0 atom stereocenters. The van der Waals surface area contributed by atoms with Crippen molar-refractivity contribution in [3.8, 4) is 0 Å². The average molecular weight is 246 g/mol. The van der Waals surface area contributed by atoms with E-state index in [1.165, 1.54) is 5.56 Å². The first-order valence-corrected chi connectivity index (χ1v) is 6.74. The van der Waals surface area contributed by atoms with Crippen LogP contribution < -0.4 is 10.2 Å². The molecule has 0 aliphatic carbocycles. The summed E-state index contributed by atoms with van der Waals surface area (Å²) in [5.41, 5.74) is 2.28. The highest BCUT2D eigenvalue weighted by Crippen LogP contribution is 2.13. The summed E-state index contributed by atoms with van der Waals surface area (Å²) in [5.74, 6) is 0.857. The summed E-state index contributed by atoms with van der Waals surface area (Å²) in [6.45, 7) is 8.07. The quantitative estimate of drug-likeness (QED) is 0.638. The van der Waals surface area contributed by atoms with Crippen molar-refractivity contribution in [1.29, 1.82) is 0 Å². The number of aromatic nitrogens is 2. The van der Waals surface area contributed by atoms with Gasteiger partial charge in [0, 0.05) is 37.1 Å². The van der Waals surface area contributed by atoms with Gasteiger partial charge in [-0.05, 0) is 26.3 Å². The molecule has 1 aliphatic rings. The summed E-state index contributed by atoms with van der Waals surface area (Å²) >= 11 is 0. The number of nitrogens with zero attached hydrogens (tertiary/aromatic N) is 3. The van der Waals surface area contributed by atoms with Crippen LogP contribution in [0.3, 0.4) is 0 Å². The van der Waals surface area contributed by atoms with Crippen molar-refractivity contribution in [2.24, 2.45) is 0 Å². The highest BCUT2D eigenvalue weighted by atomic mass is 15.2. The van der Waals surface area contributed by atoms with Crippen molar-refractivity contribution in [3.05, 3.63) is 29.6 Å². The zero-order valence-corrected chi connectivity index (χ0v) is 11.3. The van der Waals surface area contributed by atoms with Crippen LogP contribution in [0.4, 0.5) is 5.95 Å². The normalized spacial score (nSPS) is 15.1. The number of rotatable bonds is 5. The minimum absolute atomic E-state index is 0.857. The van der Waals surface area contributed by atoms with E-state index in [0.717, 1.165) is 50.7 Å². The van der Waals surface area contributed by atoms with Crippen molar-refractivity contribution in [2.45, 2.75) is 33.2 Å². The fourth-order valence-electron chi connectivity index (χ4n) is 2.03. The van der Waals surface area contributed by atoms with Gasteiger partial charge in [-0.25, -0.2) is 9.97 Å². The molecule has 18 heavy (non-hydrogen) atoms. The van der Waals surface area contributed by atoms with Crippen molar-refractivity contribution in [1.82, 2.24) is 15.3 Å². The highest BCUT2D eigenvalue weighted by molar-refractivity contribution is 5.35. The Labute approximate surface area is 109 Å². The molecule has 2 rings (SSSR count). The second-order valence-corrected chi connectivity index (χ2v) is 4.66. The largest absolute Gasteiger partial charge is 0.337 e. The Morgan fingerprint density at radius 3 is 2.94 bits per heavy atom. The lowest BCUT2D eigenvalue weighted by molar-refractivity contribution is 0.667. The van der Waals surface area contributed by atoms with E-state index in [2.05, 4.69) is 46.2 Å². The van der Waals surface area contributed by atoms with Crippen molar-refractivity contribution >= 4 is 5.95 Å². The van der Waals surface area contributed by atoms with Crippen LogP contribution in [0.2, 0.25) is 0 Å². The number of nitrogens with one attached hydrogen (secondary N) is 1. The highest BCUT2D eigenvalue weighted by Gasteiger charge is 2.11. The molecule has 1 aromatic heterocycles. The van der Waals surface area contributed by atoms with Gasteiger partial charge in [-0.15, -0.1) is 0 Å². The van der Waals surface area contributed by atoms with E-state index in [-0.39, 0.29) is 0 Å². The van der Waals surface area contributed by atoms with Crippen molar-refractivity contribution < 1.29 is 0 Å². The first-order valence-electron chi connectivity index (χ1n) is 6.74. The Kier molecular flexibility index (Phi) is 4.70. The maximum absolute atomic E-state index is 4.62. The molecule has 0 saturated carbocycles. The van der Waals surface area contributed by atoms with Crippen LogP contribution in [0.5, 0.6) is 0 Å². The zero-order valence-electron chi connectivity index (χ0n) is 11.3.